The molecule has 2 N–H and O–H groups in total. The van der Waals surface area contributed by atoms with Crippen molar-refractivity contribution in [3.63, 3.8) is 0 Å². The number of rotatable bonds is 3. The van der Waals surface area contributed by atoms with Gasteiger partial charge in [0.05, 0.1) is 0 Å². The number of likely N-dealkylation sites (tertiary alicyclic amines) is 1. The zero-order valence-corrected chi connectivity index (χ0v) is 13.0. The first-order valence-corrected chi connectivity index (χ1v) is 8.30. The van der Waals surface area contributed by atoms with Gasteiger partial charge in [-0.1, -0.05) is 34.5 Å². The predicted octanol–water partition coefficient (Wildman–Crippen LogP) is 3.71. The Bertz CT molecular complexity index is 435. The standard InChI is InChI=1S/C16H23BrN2/c17-14-7-1-5-13(10-14)16(11-18)19-9-3-6-12-4-2-8-15(12)19/h1,5,7,10,12,15-16H,2-4,6,8-9,11,18H2. The van der Waals surface area contributed by atoms with Gasteiger partial charge in [-0.25, -0.2) is 0 Å². The van der Waals surface area contributed by atoms with Crippen molar-refractivity contribution in [2.45, 2.75) is 44.2 Å². The smallest absolute Gasteiger partial charge is 0.0473 e. The molecule has 1 aliphatic heterocycles. The highest BCUT2D eigenvalue weighted by atomic mass is 79.9. The van der Waals surface area contributed by atoms with Crippen LogP contribution >= 0.6 is 15.9 Å². The molecule has 1 aromatic rings. The third-order valence-corrected chi connectivity index (χ3v) is 5.39. The Hall–Kier alpha value is -0.380. The van der Waals surface area contributed by atoms with E-state index < -0.39 is 0 Å². The molecule has 2 aliphatic rings. The highest BCUT2D eigenvalue weighted by Crippen LogP contribution is 2.40. The molecular weight excluding hydrogens is 300 g/mol. The quantitative estimate of drug-likeness (QED) is 0.919. The van der Waals surface area contributed by atoms with Crippen LogP contribution in [-0.2, 0) is 0 Å². The van der Waals surface area contributed by atoms with Gasteiger partial charge in [-0.15, -0.1) is 0 Å². The van der Waals surface area contributed by atoms with Crippen molar-refractivity contribution in [2.24, 2.45) is 11.7 Å². The number of nitrogens with zero attached hydrogens (tertiary/aromatic N) is 1. The van der Waals surface area contributed by atoms with Crippen molar-refractivity contribution in [1.29, 1.82) is 0 Å². The van der Waals surface area contributed by atoms with Crippen LogP contribution in [0.15, 0.2) is 28.7 Å². The lowest BCUT2D eigenvalue weighted by Gasteiger charge is -2.42. The molecule has 3 rings (SSSR count). The lowest BCUT2D eigenvalue weighted by atomic mass is 9.89. The van der Waals surface area contributed by atoms with E-state index in [-0.39, 0.29) is 0 Å². The van der Waals surface area contributed by atoms with Crippen molar-refractivity contribution >= 4 is 15.9 Å². The Labute approximate surface area is 124 Å². The SMILES string of the molecule is NCC(c1cccc(Br)c1)N1CCCC2CCCC21. The zero-order valence-electron chi connectivity index (χ0n) is 11.4. The van der Waals surface area contributed by atoms with Crippen LogP contribution in [0.4, 0.5) is 0 Å². The first-order chi connectivity index (χ1) is 9.29. The van der Waals surface area contributed by atoms with E-state index in [1.54, 1.807) is 0 Å². The van der Waals surface area contributed by atoms with Gasteiger partial charge in [0.2, 0.25) is 0 Å². The fourth-order valence-corrected chi connectivity index (χ4v) is 4.47. The largest absolute Gasteiger partial charge is 0.329 e. The fourth-order valence-electron chi connectivity index (χ4n) is 4.06. The molecule has 3 atom stereocenters. The molecule has 1 saturated heterocycles. The topological polar surface area (TPSA) is 29.3 Å². The second-order valence-electron chi connectivity index (χ2n) is 5.94. The van der Waals surface area contributed by atoms with Crippen LogP contribution in [0.5, 0.6) is 0 Å². The minimum atomic E-state index is 0.392. The number of hydrogen-bond acceptors (Lipinski definition) is 2. The van der Waals surface area contributed by atoms with E-state index in [4.69, 9.17) is 5.73 Å². The Morgan fingerprint density at radius 3 is 2.89 bits per heavy atom. The van der Waals surface area contributed by atoms with Gasteiger partial charge in [0.15, 0.2) is 0 Å². The number of piperidine rings is 1. The summed E-state index contributed by atoms with van der Waals surface area (Å²) in [6.07, 6.45) is 6.97. The van der Waals surface area contributed by atoms with Gasteiger partial charge in [0.25, 0.3) is 0 Å². The molecule has 1 aromatic carbocycles. The van der Waals surface area contributed by atoms with E-state index >= 15 is 0 Å². The molecule has 2 nitrogen and oxygen atoms in total. The van der Waals surface area contributed by atoms with Crippen molar-refractivity contribution in [3.05, 3.63) is 34.3 Å². The van der Waals surface area contributed by atoms with E-state index in [1.807, 2.05) is 0 Å². The number of fused-ring (bicyclic) bond motifs is 1. The van der Waals surface area contributed by atoms with Crippen molar-refractivity contribution in [1.82, 2.24) is 4.90 Å². The first kappa shape index (κ1) is 13.6. The van der Waals surface area contributed by atoms with Crippen LogP contribution in [0.25, 0.3) is 0 Å². The van der Waals surface area contributed by atoms with Crippen LogP contribution in [0, 0.1) is 5.92 Å². The maximum absolute atomic E-state index is 6.11. The fraction of sp³-hybridized carbons (Fsp3) is 0.625. The molecule has 3 heteroatoms. The average molecular weight is 323 g/mol. The normalized spacial score (nSPS) is 29.2. The number of nitrogens with two attached hydrogens (primary N) is 1. The minimum Gasteiger partial charge on any atom is -0.329 e. The van der Waals surface area contributed by atoms with Gasteiger partial charge in [-0.05, 0) is 55.8 Å². The molecule has 0 bridgehead atoms. The molecule has 0 aromatic heterocycles. The summed E-state index contributed by atoms with van der Waals surface area (Å²) < 4.78 is 1.16. The molecule has 19 heavy (non-hydrogen) atoms. The first-order valence-electron chi connectivity index (χ1n) is 7.51. The van der Waals surface area contributed by atoms with Crippen LogP contribution in [-0.4, -0.2) is 24.0 Å². The summed E-state index contributed by atoms with van der Waals surface area (Å²) in [7, 11) is 0. The lowest BCUT2D eigenvalue weighted by Crippen LogP contribution is -2.46. The Kier molecular flexibility index (Phi) is 4.25. The van der Waals surface area contributed by atoms with Gasteiger partial charge >= 0.3 is 0 Å². The van der Waals surface area contributed by atoms with Crippen molar-refractivity contribution in [3.8, 4) is 0 Å². The molecular formula is C16H23BrN2. The van der Waals surface area contributed by atoms with Crippen LogP contribution in [0.1, 0.15) is 43.7 Å². The Morgan fingerprint density at radius 1 is 1.26 bits per heavy atom. The lowest BCUT2D eigenvalue weighted by molar-refractivity contribution is 0.0701. The summed E-state index contributed by atoms with van der Waals surface area (Å²) in [4.78, 5) is 2.70. The molecule has 1 heterocycles. The second-order valence-corrected chi connectivity index (χ2v) is 6.86. The van der Waals surface area contributed by atoms with Crippen LogP contribution in [0.3, 0.4) is 0 Å². The molecule has 0 spiro atoms. The van der Waals surface area contributed by atoms with Crippen LogP contribution in [0.2, 0.25) is 0 Å². The van der Waals surface area contributed by atoms with Crippen LogP contribution < -0.4 is 5.73 Å². The van der Waals surface area contributed by atoms with E-state index in [9.17, 15) is 0 Å². The molecule has 1 saturated carbocycles. The maximum atomic E-state index is 6.11. The summed E-state index contributed by atoms with van der Waals surface area (Å²) in [5.41, 5.74) is 7.48. The van der Waals surface area contributed by atoms with Gasteiger partial charge in [0, 0.05) is 23.1 Å². The molecule has 1 aliphatic carbocycles. The zero-order chi connectivity index (χ0) is 13.2. The van der Waals surface area contributed by atoms with E-state index in [2.05, 4.69) is 45.1 Å². The van der Waals surface area contributed by atoms with Gasteiger partial charge in [0.1, 0.15) is 0 Å². The highest BCUT2D eigenvalue weighted by Gasteiger charge is 2.38. The van der Waals surface area contributed by atoms with Gasteiger partial charge < -0.3 is 5.73 Å². The second kappa shape index (κ2) is 5.94. The molecule has 3 unspecified atom stereocenters. The summed E-state index contributed by atoms with van der Waals surface area (Å²) >= 11 is 3.58. The van der Waals surface area contributed by atoms with Gasteiger partial charge in [-0.2, -0.15) is 0 Å². The summed E-state index contributed by atoms with van der Waals surface area (Å²) in [5, 5.41) is 0. The summed E-state index contributed by atoms with van der Waals surface area (Å²) in [6.45, 7) is 1.94. The average Bonchev–Trinajstić information content (AvgIpc) is 2.89. The monoisotopic (exact) mass is 322 g/mol. The molecule has 0 amide bonds. The highest BCUT2D eigenvalue weighted by molar-refractivity contribution is 9.10. The minimum absolute atomic E-state index is 0.392. The molecule has 2 fully saturated rings. The van der Waals surface area contributed by atoms with E-state index in [1.165, 1.54) is 44.2 Å². The third kappa shape index (κ3) is 2.74. The van der Waals surface area contributed by atoms with E-state index in [0.717, 1.165) is 23.0 Å². The summed E-state index contributed by atoms with van der Waals surface area (Å²) in [5.74, 6) is 0.926. The third-order valence-electron chi connectivity index (χ3n) is 4.89. The summed E-state index contributed by atoms with van der Waals surface area (Å²) in [6, 6.07) is 9.84. The number of hydrogen-bond donors (Lipinski definition) is 1. The Morgan fingerprint density at radius 2 is 2.11 bits per heavy atom. The predicted molar refractivity (Wildman–Crippen MR) is 83.0 cm³/mol. The van der Waals surface area contributed by atoms with Crippen molar-refractivity contribution < 1.29 is 0 Å². The van der Waals surface area contributed by atoms with Gasteiger partial charge in [-0.3, -0.25) is 4.90 Å². The Balaban J connectivity index is 1.85. The maximum Gasteiger partial charge on any atom is 0.0473 e. The number of benzene rings is 1. The molecule has 104 valence electrons. The van der Waals surface area contributed by atoms with E-state index in [0.29, 0.717) is 6.04 Å². The van der Waals surface area contributed by atoms with Crippen molar-refractivity contribution in [2.75, 3.05) is 13.1 Å². The number of halogens is 1. The molecule has 0 radical (unpaired) electrons.